The summed E-state index contributed by atoms with van der Waals surface area (Å²) in [6.45, 7) is 5.06. The van der Waals surface area contributed by atoms with E-state index in [1.165, 1.54) is 10.9 Å². The molecule has 2 heterocycles. The first kappa shape index (κ1) is 16.9. The normalized spacial score (nSPS) is 14.7. The van der Waals surface area contributed by atoms with Gasteiger partial charge in [-0.2, -0.15) is 0 Å². The number of amides is 1. The number of fused-ring (bicyclic) bond motifs is 1. The second-order valence-electron chi connectivity index (χ2n) is 6.60. The lowest BCUT2D eigenvalue weighted by Gasteiger charge is -2.35. The van der Waals surface area contributed by atoms with Crippen molar-refractivity contribution in [3.05, 3.63) is 70.7 Å². The summed E-state index contributed by atoms with van der Waals surface area (Å²) in [5.74, 6) is 1.05. The fourth-order valence-corrected chi connectivity index (χ4v) is 3.53. The molecule has 1 saturated heterocycles. The van der Waals surface area contributed by atoms with Gasteiger partial charge in [-0.1, -0.05) is 29.8 Å². The first-order valence-electron chi connectivity index (χ1n) is 8.78. The van der Waals surface area contributed by atoms with Crippen molar-refractivity contribution in [2.45, 2.75) is 6.92 Å². The van der Waals surface area contributed by atoms with Gasteiger partial charge in [0.1, 0.15) is 5.82 Å². The Morgan fingerprint density at radius 1 is 1.00 bits per heavy atom. The van der Waals surface area contributed by atoms with Gasteiger partial charge in [-0.3, -0.25) is 4.79 Å². The third-order valence-corrected chi connectivity index (χ3v) is 5.14. The van der Waals surface area contributed by atoms with Gasteiger partial charge in [0.25, 0.3) is 5.91 Å². The Hall–Kier alpha value is -2.59. The maximum Gasteiger partial charge on any atom is 0.253 e. The van der Waals surface area contributed by atoms with E-state index in [0.717, 1.165) is 24.4 Å². The van der Waals surface area contributed by atoms with Gasteiger partial charge in [-0.15, -0.1) is 0 Å². The van der Waals surface area contributed by atoms with E-state index in [1.807, 2.05) is 23.1 Å². The fraction of sp³-hybridized carbons (Fsp3) is 0.238. The van der Waals surface area contributed by atoms with E-state index in [0.29, 0.717) is 23.7 Å². The summed E-state index contributed by atoms with van der Waals surface area (Å²) < 4.78 is 0. The standard InChI is InChI=1S/C21H20ClN3O/c1-15-14-20(23-19-5-3-2-4-18(15)19)24-10-12-25(13-11-24)21(26)16-6-8-17(22)9-7-16/h2-9,14H,10-13H2,1H3. The number of anilines is 1. The highest BCUT2D eigenvalue weighted by atomic mass is 35.5. The number of halogens is 1. The zero-order valence-corrected chi connectivity index (χ0v) is 15.4. The average molecular weight is 366 g/mol. The number of rotatable bonds is 2. The maximum atomic E-state index is 12.6. The van der Waals surface area contributed by atoms with Crippen molar-refractivity contribution in [1.82, 2.24) is 9.88 Å². The van der Waals surface area contributed by atoms with Gasteiger partial charge in [-0.25, -0.2) is 4.98 Å². The van der Waals surface area contributed by atoms with Crippen LogP contribution < -0.4 is 4.90 Å². The maximum absolute atomic E-state index is 12.6. The number of benzene rings is 2. The minimum atomic E-state index is 0.0592. The fourth-order valence-electron chi connectivity index (χ4n) is 3.41. The number of pyridine rings is 1. The van der Waals surface area contributed by atoms with Gasteiger partial charge >= 0.3 is 0 Å². The number of aromatic nitrogens is 1. The minimum Gasteiger partial charge on any atom is -0.353 e. The highest BCUT2D eigenvalue weighted by Crippen LogP contribution is 2.23. The predicted molar refractivity (Wildman–Crippen MR) is 106 cm³/mol. The summed E-state index contributed by atoms with van der Waals surface area (Å²) in [6.07, 6.45) is 0. The van der Waals surface area contributed by atoms with Crippen molar-refractivity contribution in [3.8, 4) is 0 Å². The van der Waals surface area contributed by atoms with Gasteiger partial charge in [-0.05, 0) is 48.9 Å². The summed E-state index contributed by atoms with van der Waals surface area (Å²) in [5, 5.41) is 1.83. The molecule has 0 N–H and O–H groups in total. The lowest BCUT2D eigenvalue weighted by Crippen LogP contribution is -2.49. The molecule has 1 amide bonds. The van der Waals surface area contributed by atoms with E-state index in [2.05, 4.69) is 24.0 Å². The zero-order valence-electron chi connectivity index (χ0n) is 14.7. The molecule has 3 aromatic rings. The van der Waals surface area contributed by atoms with Crippen molar-refractivity contribution in [3.63, 3.8) is 0 Å². The molecule has 0 spiro atoms. The number of para-hydroxylation sites is 1. The Morgan fingerprint density at radius 3 is 2.42 bits per heavy atom. The van der Waals surface area contributed by atoms with Crippen molar-refractivity contribution in [1.29, 1.82) is 0 Å². The molecule has 5 heteroatoms. The highest BCUT2D eigenvalue weighted by molar-refractivity contribution is 6.30. The SMILES string of the molecule is Cc1cc(N2CCN(C(=O)c3ccc(Cl)cc3)CC2)nc2ccccc12. The van der Waals surface area contributed by atoms with Crippen LogP contribution in [0.15, 0.2) is 54.6 Å². The van der Waals surface area contributed by atoms with Crippen LogP contribution in [0.25, 0.3) is 10.9 Å². The van der Waals surface area contributed by atoms with Gasteiger partial charge < -0.3 is 9.80 Å². The van der Waals surface area contributed by atoms with E-state index < -0.39 is 0 Å². The number of hydrogen-bond donors (Lipinski definition) is 0. The average Bonchev–Trinajstić information content (AvgIpc) is 2.68. The zero-order chi connectivity index (χ0) is 18.1. The van der Waals surface area contributed by atoms with Crippen LogP contribution in [-0.4, -0.2) is 42.0 Å². The second-order valence-corrected chi connectivity index (χ2v) is 7.04. The van der Waals surface area contributed by atoms with Crippen molar-refractivity contribution in [2.75, 3.05) is 31.1 Å². The number of hydrogen-bond acceptors (Lipinski definition) is 3. The summed E-state index contributed by atoms with van der Waals surface area (Å²) in [7, 11) is 0. The Kier molecular flexibility index (Phi) is 4.51. The highest BCUT2D eigenvalue weighted by Gasteiger charge is 2.23. The molecule has 0 unspecified atom stereocenters. The monoisotopic (exact) mass is 365 g/mol. The van der Waals surface area contributed by atoms with Crippen molar-refractivity contribution < 1.29 is 4.79 Å². The number of piperazine rings is 1. The Bertz CT molecular complexity index is 947. The largest absolute Gasteiger partial charge is 0.353 e. The molecular weight excluding hydrogens is 346 g/mol. The molecular formula is C21H20ClN3O. The molecule has 4 rings (SSSR count). The summed E-state index contributed by atoms with van der Waals surface area (Å²) in [5.41, 5.74) is 2.93. The van der Waals surface area contributed by atoms with Gasteiger partial charge in [0, 0.05) is 42.2 Å². The predicted octanol–water partition coefficient (Wildman–Crippen LogP) is 4.16. The summed E-state index contributed by atoms with van der Waals surface area (Å²) in [6, 6.07) is 17.4. The van der Waals surface area contributed by atoms with Crippen LogP contribution in [0.5, 0.6) is 0 Å². The lowest BCUT2D eigenvalue weighted by atomic mass is 10.1. The third-order valence-electron chi connectivity index (χ3n) is 4.89. The molecule has 26 heavy (non-hydrogen) atoms. The second kappa shape index (κ2) is 6.96. The number of carbonyl (C=O) groups excluding carboxylic acids is 1. The Labute approximate surface area is 158 Å². The molecule has 132 valence electrons. The number of nitrogens with zero attached hydrogens (tertiary/aromatic N) is 3. The first-order valence-corrected chi connectivity index (χ1v) is 9.16. The van der Waals surface area contributed by atoms with Crippen molar-refractivity contribution in [2.24, 2.45) is 0 Å². The first-order chi connectivity index (χ1) is 12.6. The van der Waals surface area contributed by atoms with E-state index in [4.69, 9.17) is 16.6 Å². The topological polar surface area (TPSA) is 36.4 Å². The molecule has 0 radical (unpaired) electrons. The van der Waals surface area contributed by atoms with Crippen LogP contribution in [0.3, 0.4) is 0 Å². The molecule has 1 aliphatic heterocycles. The summed E-state index contributed by atoms with van der Waals surface area (Å²) in [4.78, 5) is 21.6. The van der Waals surface area contributed by atoms with Gasteiger partial charge in [0.05, 0.1) is 5.52 Å². The minimum absolute atomic E-state index is 0.0592. The van der Waals surface area contributed by atoms with Gasteiger partial charge in [0.2, 0.25) is 0 Å². The van der Waals surface area contributed by atoms with E-state index in [1.54, 1.807) is 24.3 Å². The van der Waals surface area contributed by atoms with Crippen molar-refractivity contribution >= 4 is 34.2 Å². The Morgan fingerprint density at radius 2 is 1.69 bits per heavy atom. The smallest absolute Gasteiger partial charge is 0.253 e. The van der Waals surface area contributed by atoms with E-state index in [-0.39, 0.29) is 5.91 Å². The summed E-state index contributed by atoms with van der Waals surface area (Å²) >= 11 is 5.90. The molecule has 4 nitrogen and oxygen atoms in total. The van der Waals surface area contributed by atoms with Gasteiger partial charge in [0.15, 0.2) is 0 Å². The quantitative estimate of drug-likeness (QED) is 0.684. The van der Waals surface area contributed by atoms with Crippen LogP contribution in [0.1, 0.15) is 15.9 Å². The molecule has 1 fully saturated rings. The van der Waals surface area contributed by atoms with Crippen LogP contribution in [0, 0.1) is 6.92 Å². The molecule has 1 aliphatic rings. The molecule has 0 bridgehead atoms. The number of carbonyl (C=O) groups is 1. The van der Waals surface area contributed by atoms with E-state index in [9.17, 15) is 4.79 Å². The molecule has 0 atom stereocenters. The van der Waals surface area contributed by atoms with Crippen LogP contribution >= 0.6 is 11.6 Å². The van der Waals surface area contributed by atoms with Crippen LogP contribution in [0.4, 0.5) is 5.82 Å². The lowest BCUT2D eigenvalue weighted by molar-refractivity contribution is 0.0746. The Balaban J connectivity index is 1.48. The number of aryl methyl sites for hydroxylation is 1. The van der Waals surface area contributed by atoms with Crippen LogP contribution in [-0.2, 0) is 0 Å². The molecule has 0 aliphatic carbocycles. The third kappa shape index (κ3) is 3.25. The molecule has 0 saturated carbocycles. The van der Waals surface area contributed by atoms with E-state index >= 15 is 0 Å². The van der Waals surface area contributed by atoms with Crippen LogP contribution in [0.2, 0.25) is 5.02 Å². The molecule has 2 aromatic carbocycles. The molecule has 1 aromatic heterocycles.